The van der Waals surface area contributed by atoms with Crippen molar-refractivity contribution < 1.29 is 13.9 Å². The van der Waals surface area contributed by atoms with Gasteiger partial charge in [0.15, 0.2) is 11.6 Å². The highest BCUT2D eigenvalue weighted by Gasteiger charge is 2.18. The first-order valence-corrected chi connectivity index (χ1v) is 8.02. The van der Waals surface area contributed by atoms with Gasteiger partial charge in [0.25, 0.3) is 0 Å². The van der Waals surface area contributed by atoms with E-state index in [1.165, 1.54) is 6.07 Å². The van der Waals surface area contributed by atoms with E-state index in [4.69, 9.17) is 10.5 Å². The SMILES string of the molecule is CCC(CNC(=O)C(N)c1ccc(C)cc1)Oc1ccccc1F.Cl. The number of ether oxygens (including phenoxy) is 1. The summed E-state index contributed by atoms with van der Waals surface area (Å²) in [4.78, 5) is 12.2. The van der Waals surface area contributed by atoms with Crippen LogP contribution in [0.2, 0.25) is 0 Å². The number of carbonyl (C=O) groups is 1. The molecule has 136 valence electrons. The number of nitrogens with two attached hydrogens (primary N) is 1. The van der Waals surface area contributed by atoms with E-state index in [0.717, 1.165) is 11.1 Å². The highest BCUT2D eigenvalue weighted by atomic mass is 35.5. The van der Waals surface area contributed by atoms with Crippen LogP contribution in [0.25, 0.3) is 0 Å². The molecule has 2 atom stereocenters. The summed E-state index contributed by atoms with van der Waals surface area (Å²) in [6.45, 7) is 4.15. The molecule has 6 heteroatoms. The second kappa shape index (κ2) is 10.0. The Kier molecular flexibility index (Phi) is 8.38. The zero-order valence-electron chi connectivity index (χ0n) is 14.4. The predicted molar refractivity (Wildman–Crippen MR) is 99.5 cm³/mol. The highest BCUT2D eigenvalue weighted by molar-refractivity contribution is 5.85. The van der Waals surface area contributed by atoms with Crippen molar-refractivity contribution in [3.05, 3.63) is 65.5 Å². The Balaban J connectivity index is 0.00000312. The summed E-state index contributed by atoms with van der Waals surface area (Å²) in [6, 6.07) is 13.0. The topological polar surface area (TPSA) is 64.4 Å². The molecule has 0 bridgehead atoms. The van der Waals surface area contributed by atoms with E-state index in [1.54, 1.807) is 18.2 Å². The molecule has 4 nitrogen and oxygen atoms in total. The van der Waals surface area contributed by atoms with Crippen molar-refractivity contribution in [1.82, 2.24) is 5.32 Å². The van der Waals surface area contributed by atoms with Crippen molar-refractivity contribution in [3.63, 3.8) is 0 Å². The summed E-state index contributed by atoms with van der Waals surface area (Å²) in [5.41, 5.74) is 7.84. The van der Waals surface area contributed by atoms with Crippen molar-refractivity contribution in [2.24, 2.45) is 5.73 Å². The minimum absolute atomic E-state index is 0. The Morgan fingerprint density at radius 1 is 1.20 bits per heavy atom. The zero-order valence-corrected chi connectivity index (χ0v) is 15.2. The number of hydrogen-bond donors (Lipinski definition) is 2. The Hall–Kier alpha value is -2.11. The highest BCUT2D eigenvalue weighted by Crippen LogP contribution is 2.18. The number of para-hydroxylation sites is 1. The average Bonchev–Trinajstić information content (AvgIpc) is 2.60. The van der Waals surface area contributed by atoms with E-state index >= 15 is 0 Å². The van der Waals surface area contributed by atoms with Gasteiger partial charge >= 0.3 is 0 Å². The lowest BCUT2D eigenvalue weighted by atomic mass is 10.1. The van der Waals surface area contributed by atoms with Crippen LogP contribution in [0.15, 0.2) is 48.5 Å². The molecular weight excluding hydrogens is 343 g/mol. The minimum Gasteiger partial charge on any atom is -0.486 e. The number of benzene rings is 2. The van der Waals surface area contributed by atoms with Gasteiger partial charge in [0, 0.05) is 0 Å². The van der Waals surface area contributed by atoms with E-state index in [1.807, 2.05) is 38.1 Å². The summed E-state index contributed by atoms with van der Waals surface area (Å²) in [6.07, 6.45) is 0.310. The number of carbonyl (C=O) groups excluding carboxylic acids is 1. The molecule has 2 unspecified atom stereocenters. The van der Waals surface area contributed by atoms with Gasteiger partial charge in [-0.3, -0.25) is 4.79 Å². The Morgan fingerprint density at radius 3 is 2.44 bits per heavy atom. The van der Waals surface area contributed by atoms with E-state index in [-0.39, 0.29) is 36.7 Å². The van der Waals surface area contributed by atoms with Gasteiger partial charge in [0.05, 0.1) is 6.54 Å². The molecule has 0 aliphatic heterocycles. The van der Waals surface area contributed by atoms with Gasteiger partial charge in [0.1, 0.15) is 12.1 Å². The van der Waals surface area contributed by atoms with Gasteiger partial charge in [-0.05, 0) is 31.0 Å². The maximum absolute atomic E-state index is 13.6. The number of rotatable bonds is 7. The fourth-order valence-corrected chi connectivity index (χ4v) is 2.24. The number of aryl methyl sites for hydroxylation is 1. The molecule has 0 saturated heterocycles. The Morgan fingerprint density at radius 2 is 1.84 bits per heavy atom. The van der Waals surface area contributed by atoms with Crippen LogP contribution < -0.4 is 15.8 Å². The largest absolute Gasteiger partial charge is 0.486 e. The van der Waals surface area contributed by atoms with Crippen molar-refractivity contribution in [3.8, 4) is 5.75 Å². The average molecular weight is 367 g/mol. The summed E-state index contributed by atoms with van der Waals surface area (Å²) in [5, 5.41) is 2.77. The molecule has 3 N–H and O–H groups in total. The fraction of sp³-hybridized carbons (Fsp3) is 0.316. The van der Waals surface area contributed by atoms with E-state index in [0.29, 0.717) is 6.42 Å². The lowest BCUT2D eigenvalue weighted by Crippen LogP contribution is -2.40. The number of amides is 1. The number of halogens is 2. The second-order valence-corrected chi connectivity index (χ2v) is 5.71. The van der Waals surface area contributed by atoms with Crippen LogP contribution in [-0.2, 0) is 4.79 Å². The van der Waals surface area contributed by atoms with Crippen LogP contribution in [0.4, 0.5) is 4.39 Å². The predicted octanol–water partition coefficient (Wildman–Crippen LogP) is 3.53. The molecule has 2 aromatic rings. The quantitative estimate of drug-likeness (QED) is 0.787. The normalized spacial score (nSPS) is 12.6. The first-order chi connectivity index (χ1) is 11.5. The molecule has 1 amide bonds. The monoisotopic (exact) mass is 366 g/mol. The molecule has 0 aliphatic carbocycles. The van der Waals surface area contributed by atoms with Gasteiger partial charge in [-0.2, -0.15) is 0 Å². The molecule has 0 radical (unpaired) electrons. The molecule has 0 aliphatic rings. The number of nitrogens with one attached hydrogen (secondary N) is 1. The summed E-state index contributed by atoms with van der Waals surface area (Å²) in [7, 11) is 0. The Labute approximate surface area is 154 Å². The lowest BCUT2D eigenvalue weighted by molar-refractivity contribution is -0.122. The van der Waals surface area contributed by atoms with Crippen LogP contribution in [0, 0.1) is 12.7 Å². The minimum atomic E-state index is -0.739. The van der Waals surface area contributed by atoms with Crippen LogP contribution in [0.5, 0.6) is 5.75 Å². The third kappa shape index (κ3) is 6.03. The molecule has 0 heterocycles. The maximum Gasteiger partial charge on any atom is 0.241 e. The van der Waals surface area contributed by atoms with Crippen molar-refractivity contribution in [1.29, 1.82) is 0 Å². The van der Waals surface area contributed by atoms with Gasteiger partial charge < -0.3 is 15.8 Å². The molecule has 0 spiro atoms. The number of hydrogen-bond acceptors (Lipinski definition) is 3. The van der Waals surface area contributed by atoms with Crippen LogP contribution in [-0.4, -0.2) is 18.6 Å². The van der Waals surface area contributed by atoms with E-state index in [2.05, 4.69) is 5.32 Å². The molecule has 0 aromatic heterocycles. The summed E-state index contributed by atoms with van der Waals surface area (Å²) >= 11 is 0. The van der Waals surface area contributed by atoms with Crippen molar-refractivity contribution in [2.45, 2.75) is 32.4 Å². The van der Waals surface area contributed by atoms with Gasteiger partial charge in [-0.1, -0.05) is 48.9 Å². The maximum atomic E-state index is 13.6. The third-order valence-electron chi connectivity index (χ3n) is 3.81. The van der Waals surface area contributed by atoms with Crippen LogP contribution in [0.1, 0.15) is 30.5 Å². The third-order valence-corrected chi connectivity index (χ3v) is 3.81. The van der Waals surface area contributed by atoms with Gasteiger partial charge in [0.2, 0.25) is 5.91 Å². The van der Waals surface area contributed by atoms with Crippen molar-refractivity contribution in [2.75, 3.05) is 6.54 Å². The standard InChI is InChI=1S/C19H23FN2O2.ClH/c1-3-15(24-17-7-5-4-6-16(17)20)12-22-19(23)18(21)14-10-8-13(2)9-11-14;/h4-11,15,18H,3,12,21H2,1-2H3,(H,22,23);1H. The first kappa shape index (κ1) is 20.9. The first-order valence-electron chi connectivity index (χ1n) is 8.02. The molecule has 2 aromatic carbocycles. The molecule has 0 fully saturated rings. The molecular formula is C19H24ClFN2O2. The Bertz CT molecular complexity index is 679. The summed E-state index contributed by atoms with van der Waals surface area (Å²) in [5.74, 6) is -0.519. The molecule has 2 rings (SSSR count). The van der Waals surface area contributed by atoms with E-state index in [9.17, 15) is 9.18 Å². The second-order valence-electron chi connectivity index (χ2n) is 5.71. The molecule has 25 heavy (non-hydrogen) atoms. The zero-order chi connectivity index (χ0) is 17.5. The van der Waals surface area contributed by atoms with Crippen molar-refractivity contribution >= 4 is 18.3 Å². The van der Waals surface area contributed by atoms with Gasteiger partial charge in [-0.25, -0.2) is 4.39 Å². The van der Waals surface area contributed by atoms with Gasteiger partial charge in [-0.15, -0.1) is 12.4 Å². The molecule has 0 saturated carbocycles. The van der Waals surface area contributed by atoms with Crippen LogP contribution >= 0.6 is 12.4 Å². The smallest absolute Gasteiger partial charge is 0.241 e. The fourth-order valence-electron chi connectivity index (χ4n) is 2.24. The summed E-state index contributed by atoms with van der Waals surface area (Å²) < 4.78 is 19.3. The van der Waals surface area contributed by atoms with E-state index < -0.39 is 11.9 Å². The van der Waals surface area contributed by atoms with Crippen LogP contribution in [0.3, 0.4) is 0 Å². The lowest BCUT2D eigenvalue weighted by Gasteiger charge is -2.20.